The third-order valence-electron chi connectivity index (χ3n) is 3.70. The van der Waals surface area contributed by atoms with Crippen LogP contribution >= 0.6 is 0 Å². The Morgan fingerprint density at radius 2 is 2.17 bits per heavy atom. The van der Waals surface area contributed by atoms with Crippen molar-refractivity contribution in [2.75, 3.05) is 7.05 Å². The van der Waals surface area contributed by atoms with Crippen LogP contribution in [0.5, 0.6) is 0 Å². The largest absolute Gasteiger partial charge is 0.459 e. The Morgan fingerprint density at radius 1 is 1.39 bits per heavy atom. The molecule has 0 radical (unpaired) electrons. The van der Waals surface area contributed by atoms with Gasteiger partial charge in [0.25, 0.3) is 0 Å². The molecule has 1 aliphatic carbocycles. The Hall–Kier alpha value is -1.77. The van der Waals surface area contributed by atoms with E-state index in [1.165, 1.54) is 6.42 Å². The quantitative estimate of drug-likeness (QED) is 0.829. The van der Waals surface area contributed by atoms with Crippen molar-refractivity contribution >= 4 is 16.9 Å². The van der Waals surface area contributed by atoms with Crippen molar-refractivity contribution in [3.63, 3.8) is 0 Å². The molecular formula is C15H17NO2. The first-order valence-corrected chi connectivity index (χ1v) is 6.46. The molecule has 0 unspecified atom stereocenters. The lowest BCUT2D eigenvalue weighted by Gasteiger charge is -2.28. The lowest BCUT2D eigenvalue weighted by Crippen LogP contribution is -2.35. The summed E-state index contributed by atoms with van der Waals surface area (Å²) in [4.78, 5) is 13.8. The lowest BCUT2D eigenvalue weighted by molar-refractivity contribution is -0.137. The zero-order valence-corrected chi connectivity index (χ0v) is 10.6. The summed E-state index contributed by atoms with van der Waals surface area (Å²) in [6.45, 7) is 0.560. The van der Waals surface area contributed by atoms with Crippen LogP contribution in [0.15, 0.2) is 34.7 Å². The Balaban J connectivity index is 1.73. The molecule has 2 aromatic rings. The van der Waals surface area contributed by atoms with E-state index in [2.05, 4.69) is 0 Å². The Kier molecular flexibility index (Phi) is 2.82. The molecule has 0 N–H and O–H groups in total. The van der Waals surface area contributed by atoms with Gasteiger partial charge in [0, 0.05) is 18.4 Å². The summed E-state index contributed by atoms with van der Waals surface area (Å²) >= 11 is 0. The molecule has 3 heteroatoms. The van der Waals surface area contributed by atoms with E-state index in [0.717, 1.165) is 29.6 Å². The molecule has 0 atom stereocenters. The van der Waals surface area contributed by atoms with Gasteiger partial charge in [-0.3, -0.25) is 4.79 Å². The van der Waals surface area contributed by atoms with Gasteiger partial charge in [-0.1, -0.05) is 24.6 Å². The first-order chi connectivity index (χ1) is 8.74. The molecule has 3 rings (SSSR count). The second-order valence-corrected chi connectivity index (χ2v) is 5.07. The summed E-state index contributed by atoms with van der Waals surface area (Å²) in [6.07, 6.45) is 3.28. The van der Waals surface area contributed by atoms with Crippen LogP contribution in [0.3, 0.4) is 0 Å². The fourth-order valence-electron chi connectivity index (χ4n) is 2.39. The van der Waals surface area contributed by atoms with Crippen LogP contribution in [0.25, 0.3) is 11.0 Å². The number of hydrogen-bond donors (Lipinski definition) is 0. The third kappa shape index (κ3) is 2.01. The minimum Gasteiger partial charge on any atom is -0.459 e. The highest BCUT2D eigenvalue weighted by Crippen LogP contribution is 2.28. The van der Waals surface area contributed by atoms with Crippen molar-refractivity contribution in [2.45, 2.75) is 25.8 Å². The van der Waals surface area contributed by atoms with E-state index in [-0.39, 0.29) is 11.8 Å². The number of amides is 1. The maximum absolute atomic E-state index is 12.0. The van der Waals surface area contributed by atoms with E-state index in [1.807, 2.05) is 37.4 Å². The standard InChI is InChI=1S/C15H17NO2/c1-16(15(17)11-6-4-7-11)10-13-9-12-5-2-3-8-14(12)18-13/h2-3,5,8-9,11H,4,6-7,10H2,1H3. The van der Waals surface area contributed by atoms with Gasteiger partial charge in [-0.2, -0.15) is 0 Å². The topological polar surface area (TPSA) is 33.5 Å². The van der Waals surface area contributed by atoms with Crippen molar-refractivity contribution in [3.05, 3.63) is 36.1 Å². The van der Waals surface area contributed by atoms with E-state index >= 15 is 0 Å². The van der Waals surface area contributed by atoms with Gasteiger partial charge in [-0.05, 0) is 25.0 Å². The van der Waals surface area contributed by atoms with Gasteiger partial charge in [0.05, 0.1) is 6.54 Å². The summed E-state index contributed by atoms with van der Waals surface area (Å²) in [7, 11) is 1.86. The number of hydrogen-bond acceptors (Lipinski definition) is 2. The predicted molar refractivity (Wildman–Crippen MR) is 70.0 cm³/mol. The summed E-state index contributed by atoms with van der Waals surface area (Å²) in [5.41, 5.74) is 0.886. The monoisotopic (exact) mass is 243 g/mol. The molecule has 1 aromatic carbocycles. The zero-order chi connectivity index (χ0) is 12.5. The Labute approximate surface area is 106 Å². The van der Waals surface area contributed by atoms with Crippen LogP contribution < -0.4 is 0 Å². The van der Waals surface area contributed by atoms with Gasteiger partial charge < -0.3 is 9.32 Å². The number of furan rings is 1. The number of rotatable bonds is 3. The van der Waals surface area contributed by atoms with E-state index in [1.54, 1.807) is 4.90 Å². The first-order valence-electron chi connectivity index (χ1n) is 6.46. The fourth-order valence-corrected chi connectivity index (χ4v) is 2.39. The summed E-state index contributed by atoms with van der Waals surface area (Å²) in [5.74, 6) is 1.35. The van der Waals surface area contributed by atoms with Crippen molar-refractivity contribution in [3.8, 4) is 0 Å². The first kappa shape index (κ1) is 11.3. The van der Waals surface area contributed by atoms with Crippen molar-refractivity contribution < 1.29 is 9.21 Å². The molecule has 1 aliphatic rings. The van der Waals surface area contributed by atoms with Crippen LogP contribution in [0.2, 0.25) is 0 Å². The highest BCUT2D eigenvalue weighted by molar-refractivity contribution is 5.80. The average Bonchev–Trinajstić information content (AvgIpc) is 2.68. The highest BCUT2D eigenvalue weighted by Gasteiger charge is 2.28. The van der Waals surface area contributed by atoms with Crippen LogP contribution in [0, 0.1) is 5.92 Å². The Bertz CT molecular complexity index is 536. The molecule has 1 saturated carbocycles. The number of nitrogens with zero attached hydrogens (tertiary/aromatic N) is 1. The van der Waals surface area contributed by atoms with Gasteiger partial charge in [0.2, 0.25) is 5.91 Å². The minimum atomic E-state index is 0.249. The molecule has 0 spiro atoms. The van der Waals surface area contributed by atoms with Crippen LogP contribution in [-0.4, -0.2) is 17.9 Å². The normalized spacial score (nSPS) is 15.6. The minimum absolute atomic E-state index is 0.249. The predicted octanol–water partition coefficient (Wildman–Crippen LogP) is 3.19. The molecule has 0 aliphatic heterocycles. The average molecular weight is 243 g/mol. The van der Waals surface area contributed by atoms with E-state index < -0.39 is 0 Å². The molecule has 0 bridgehead atoms. The van der Waals surface area contributed by atoms with Gasteiger partial charge in [-0.25, -0.2) is 0 Å². The molecule has 1 aromatic heterocycles. The maximum Gasteiger partial charge on any atom is 0.225 e. The molecule has 1 heterocycles. The van der Waals surface area contributed by atoms with Gasteiger partial charge >= 0.3 is 0 Å². The number of carbonyl (C=O) groups is 1. The van der Waals surface area contributed by atoms with Crippen LogP contribution in [0.4, 0.5) is 0 Å². The van der Waals surface area contributed by atoms with Crippen molar-refractivity contribution in [1.29, 1.82) is 0 Å². The zero-order valence-electron chi connectivity index (χ0n) is 10.6. The molecule has 1 amide bonds. The summed E-state index contributed by atoms with van der Waals surface area (Å²) in [5, 5.41) is 1.09. The number of benzene rings is 1. The lowest BCUT2D eigenvalue weighted by atomic mass is 9.84. The second kappa shape index (κ2) is 4.48. The number of fused-ring (bicyclic) bond motifs is 1. The summed E-state index contributed by atoms with van der Waals surface area (Å²) < 4.78 is 5.73. The van der Waals surface area contributed by atoms with Crippen molar-refractivity contribution in [2.24, 2.45) is 5.92 Å². The van der Waals surface area contributed by atoms with Crippen LogP contribution in [-0.2, 0) is 11.3 Å². The molecule has 3 nitrogen and oxygen atoms in total. The summed E-state index contributed by atoms with van der Waals surface area (Å²) in [6, 6.07) is 9.94. The maximum atomic E-state index is 12.0. The smallest absolute Gasteiger partial charge is 0.225 e. The van der Waals surface area contributed by atoms with E-state index in [4.69, 9.17) is 4.42 Å². The number of carbonyl (C=O) groups excluding carboxylic acids is 1. The van der Waals surface area contributed by atoms with E-state index in [0.29, 0.717) is 6.54 Å². The van der Waals surface area contributed by atoms with Gasteiger partial charge in [0.1, 0.15) is 11.3 Å². The molecule has 18 heavy (non-hydrogen) atoms. The van der Waals surface area contributed by atoms with Gasteiger partial charge in [0.15, 0.2) is 0 Å². The van der Waals surface area contributed by atoms with E-state index in [9.17, 15) is 4.79 Å². The SMILES string of the molecule is CN(Cc1cc2ccccc2o1)C(=O)C1CCC1. The Morgan fingerprint density at radius 3 is 2.83 bits per heavy atom. The van der Waals surface area contributed by atoms with Gasteiger partial charge in [-0.15, -0.1) is 0 Å². The molecule has 1 fully saturated rings. The second-order valence-electron chi connectivity index (χ2n) is 5.07. The molecule has 0 saturated heterocycles. The van der Waals surface area contributed by atoms with Crippen molar-refractivity contribution in [1.82, 2.24) is 4.90 Å². The highest BCUT2D eigenvalue weighted by atomic mass is 16.3. The molecular weight excluding hydrogens is 226 g/mol. The molecule has 94 valence electrons. The number of para-hydroxylation sites is 1. The van der Waals surface area contributed by atoms with Crippen LogP contribution in [0.1, 0.15) is 25.0 Å². The third-order valence-corrected chi connectivity index (χ3v) is 3.70. The fraction of sp³-hybridized carbons (Fsp3) is 0.400.